The van der Waals surface area contributed by atoms with Crippen molar-refractivity contribution in [2.45, 2.75) is 62.8 Å². The van der Waals surface area contributed by atoms with Crippen LogP contribution >= 0.6 is 0 Å². The van der Waals surface area contributed by atoms with Crippen LogP contribution < -0.4 is 15.0 Å². The zero-order chi connectivity index (χ0) is 29.3. The van der Waals surface area contributed by atoms with E-state index in [-0.39, 0.29) is 11.3 Å². The Balaban J connectivity index is 1.27. The number of aryl methyl sites for hydroxylation is 1. The number of ether oxygens (including phenoxy) is 1. The SMILES string of the molecule is C#Cc1cccc2cc(O)cc(-c3ccc4c(N5CC6CCC(C5)N6)nc(OCC56CCCN5C[C@H](F)C6)nc4c3C)c12. The van der Waals surface area contributed by atoms with Gasteiger partial charge < -0.3 is 20.1 Å². The molecule has 4 saturated heterocycles. The molecule has 0 radical (unpaired) electrons. The summed E-state index contributed by atoms with van der Waals surface area (Å²) in [7, 11) is 0. The third-order valence-corrected chi connectivity index (χ3v) is 10.2. The van der Waals surface area contributed by atoms with Crippen molar-refractivity contribution < 1.29 is 14.2 Å². The topological polar surface area (TPSA) is 73.8 Å². The van der Waals surface area contributed by atoms with Crippen LogP contribution in [0.15, 0.2) is 42.5 Å². The standard InChI is InChI=1S/C35H36FN5O2/c1-3-22-6-4-7-23-14-27(42)15-30(31(22)23)28-10-11-29-32(21(28)2)38-34(39-33(29)40-18-25-8-9-26(19-40)37-25)43-20-35-12-5-13-41(35)17-24(36)16-35/h1,4,6-7,10-11,14-15,24-26,37,42H,5,8-9,12-13,16-20H2,2H3/t24-,25?,26?,35?/m1/s1. The van der Waals surface area contributed by atoms with Crippen LogP contribution in [0.4, 0.5) is 10.2 Å². The molecular formula is C35H36FN5O2. The van der Waals surface area contributed by atoms with Crippen LogP contribution in [-0.4, -0.2) is 76.6 Å². The number of piperazine rings is 1. The molecule has 8 rings (SSSR count). The largest absolute Gasteiger partial charge is 0.508 e. The number of phenols is 1. The predicted molar refractivity (Wildman–Crippen MR) is 168 cm³/mol. The van der Waals surface area contributed by atoms with E-state index in [4.69, 9.17) is 21.1 Å². The molecule has 0 saturated carbocycles. The van der Waals surface area contributed by atoms with Crippen LogP contribution in [-0.2, 0) is 0 Å². The molecule has 0 spiro atoms. The maximum atomic E-state index is 14.5. The average molecular weight is 578 g/mol. The summed E-state index contributed by atoms with van der Waals surface area (Å²) in [5.74, 6) is 3.89. The van der Waals surface area contributed by atoms with Gasteiger partial charge in [-0.1, -0.05) is 24.1 Å². The monoisotopic (exact) mass is 577 g/mol. The number of alkyl halides is 1. The van der Waals surface area contributed by atoms with Gasteiger partial charge in [0, 0.05) is 54.5 Å². The highest BCUT2D eigenvalue weighted by molar-refractivity contribution is 6.05. The van der Waals surface area contributed by atoms with Crippen LogP contribution in [0.5, 0.6) is 11.8 Å². The van der Waals surface area contributed by atoms with Crippen molar-refractivity contribution in [3.8, 4) is 35.2 Å². The molecule has 7 nitrogen and oxygen atoms in total. The van der Waals surface area contributed by atoms with Gasteiger partial charge >= 0.3 is 6.01 Å². The number of nitrogens with one attached hydrogen (secondary N) is 1. The fourth-order valence-corrected chi connectivity index (χ4v) is 8.26. The van der Waals surface area contributed by atoms with Gasteiger partial charge in [-0.3, -0.25) is 4.90 Å². The van der Waals surface area contributed by atoms with E-state index in [0.29, 0.717) is 37.7 Å². The number of hydrogen-bond donors (Lipinski definition) is 2. The molecule has 3 aromatic carbocycles. The quantitative estimate of drug-likeness (QED) is 0.310. The lowest BCUT2D eigenvalue weighted by Gasteiger charge is -2.35. The zero-order valence-electron chi connectivity index (χ0n) is 24.4. The van der Waals surface area contributed by atoms with Gasteiger partial charge in [0.25, 0.3) is 0 Å². The van der Waals surface area contributed by atoms with Crippen LogP contribution in [0.2, 0.25) is 0 Å². The van der Waals surface area contributed by atoms with E-state index in [0.717, 1.165) is 82.2 Å². The second-order valence-corrected chi connectivity index (χ2v) is 12.9. The number of anilines is 1. The van der Waals surface area contributed by atoms with Gasteiger partial charge in [-0.25, -0.2) is 4.39 Å². The Bertz CT molecular complexity index is 1790. The lowest BCUT2D eigenvalue weighted by molar-refractivity contribution is 0.107. The zero-order valence-corrected chi connectivity index (χ0v) is 24.4. The van der Waals surface area contributed by atoms with Gasteiger partial charge in [0.2, 0.25) is 0 Å². The Labute approximate surface area is 251 Å². The molecule has 2 bridgehead atoms. The van der Waals surface area contributed by atoms with Crippen molar-refractivity contribution in [1.29, 1.82) is 0 Å². The molecule has 4 aliphatic heterocycles. The van der Waals surface area contributed by atoms with Crippen LogP contribution in [0.3, 0.4) is 0 Å². The van der Waals surface area contributed by atoms with E-state index in [1.54, 1.807) is 12.1 Å². The van der Waals surface area contributed by atoms with E-state index >= 15 is 0 Å². The minimum absolute atomic E-state index is 0.183. The van der Waals surface area contributed by atoms with Crippen molar-refractivity contribution >= 4 is 27.5 Å². The summed E-state index contributed by atoms with van der Waals surface area (Å²) < 4.78 is 20.9. The first kappa shape index (κ1) is 26.7. The number of benzene rings is 3. The Morgan fingerprint density at radius 1 is 1.12 bits per heavy atom. The molecule has 1 aromatic heterocycles. The van der Waals surface area contributed by atoms with Crippen LogP contribution in [0.1, 0.15) is 43.2 Å². The number of phenolic OH excluding ortho intramolecular Hbond substituents is 1. The highest BCUT2D eigenvalue weighted by Gasteiger charge is 2.49. The number of nitrogens with zero attached hydrogens (tertiary/aromatic N) is 4. The summed E-state index contributed by atoms with van der Waals surface area (Å²) in [4.78, 5) is 14.7. The minimum atomic E-state index is -0.817. The van der Waals surface area contributed by atoms with Crippen LogP contribution in [0.25, 0.3) is 32.8 Å². The number of aromatic nitrogens is 2. The molecule has 4 aliphatic rings. The number of hydrogen-bond acceptors (Lipinski definition) is 7. The summed E-state index contributed by atoms with van der Waals surface area (Å²) in [5, 5.41) is 17.2. The third kappa shape index (κ3) is 4.40. The Morgan fingerprint density at radius 2 is 1.95 bits per heavy atom. The fourth-order valence-electron chi connectivity index (χ4n) is 8.26. The Hall–Kier alpha value is -3.93. The fraction of sp³-hybridized carbons (Fsp3) is 0.429. The lowest BCUT2D eigenvalue weighted by atomic mass is 9.91. The van der Waals surface area contributed by atoms with Gasteiger partial charge in [-0.2, -0.15) is 9.97 Å². The molecule has 0 amide bonds. The molecule has 8 heteroatoms. The summed E-state index contributed by atoms with van der Waals surface area (Å²) in [6.45, 7) is 5.61. The Morgan fingerprint density at radius 3 is 2.77 bits per heavy atom. The smallest absolute Gasteiger partial charge is 0.319 e. The van der Waals surface area contributed by atoms with Crippen molar-refractivity contribution in [1.82, 2.24) is 20.2 Å². The Kier molecular flexibility index (Phi) is 6.25. The van der Waals surface area contributed by atoms with Gasteiger partial charge in [0.1, 0.15) is 24.3 Å². The summed E-state index contributed by atoms with van der Waals surface area (Å²) in [5.41, 5.74) is 4.09. The van der Waals surface area contributed by atoms with Crippen molar-refractivity contribution in [3.05, 3.63) is 53.6 Å². The normalized spacial score (nSPS) is 26.7. The van der Waals surface area contributed by atoms with Crippen molar-refractivity contribution in [3.63, 3.8) is 0 Å². The third-order valence-electron chi connectivity index (χ3n) is 10.2. The molecule has 4 fully saturated rings. The first-order valence-corrected chi connectivity index (χ1v) is 15.5. The molecular weight excluding hydrogens is 541 g/mol. The van der Waals surface area contributed by atoms with Gasteiger partial charge in [-0.05, 0) is 85.5 Å². The molecule has 4 aromatic rings. The maximum Gasteiger partial charge on any atom is 0.319 e. The first-order valence-electron chi connectivity index (χ1n) is 15.5. The number of rotatable bonds is 5. The predicted octanol–water partition coefficient (Wildman–Crippen LogP) is 5.34. The van der Waals surface area contributed by atoms with Gasteiger partial charge in [-0.15, -0.1) is 6.42 Å². The molecule has 220 valence electrons. The van der Waals surface area contributed by atoms with E-state index in [1.165, 1.54) is 12.8 Å². The highest BCUT2D eigenvalue weighted by Crippen LogP contribution is 2.42. The van der Waals surface area contributed by atoms with Crippen LogP contribution in [0, 0.1) is 19.3 Å². The first-order chi connectivity index (χ1) is 20.9. The summed E-state index contributed by atoms with van der Waals surface area (Å²) >= 11 is 0. The highest BCUT2D eigenvalue weighted by atomic mass is 19.1. The summed E-state index contributed by atoms with van der Waals surface area (Å²) in [6.07, 6.45) is 9.93. The maximum absolute atomic E-state index is 14.5. The lowest BCUT2D eigenvalue weighted by Crippen LogP contribution is -2.51. The minimum Gasteiger partial charge on any atom is -0.508 e. The van der Waals surface area contributed by atoms with Gasteiger partial charge in [0.15, 0.2) is 0 Å². The van der Waals surface area contributed by atoms with Crippen molar-refractivity contribution in [2.24, 2.45) is 0 Å². The van der Waals surface area contributed by atoms with E-state index < -0.39 is 6.17 Å². The van der Waals surface area contributed by atoms with E-state index in [2.05, 4.69) is 40.1 Å². The number of fused-ring (bicyclic) bond motifs is 5. The number of terminal acetylenes is 1. The molecule has 43 heavy (non-hydrogen) atoms. The molecule has 4 atom stereocenters. The molecule has 2 N–H and O–H groups in total. The molecule has 0 aliphatic carbocycles. The second kappa shape index (κ2) is 10.1. The molecule has 3 unspecified atom stereocenters. The summed E-state index contributed by atoms with van der Waals surface area (Å²) in [6, 6.07) is 14.8. The molecule has 5 heterocycles. The number of halogens is 1. The number of aromatic hydroxyl groups is 1. The second-order valence-electron chi connectivity index (χ2n) is 12.9. The van der Waals surface area contributed by atoms with Crippen molar-refractivity contribution in [2.75, 3.05) is 37.7 Å². The van der Waals surface area contributed by atoms with E-state index in [1.807, 2.05) is 18.2 Å². The van der Waals surface area contributed by atoms with E-state index in [9.17, 15) is 9.50 Å². The van der Waals surface area contributed by atoms with Gasteiger partial charge in [0.05, 0.1) is 11.1 Å². The average Bonchev–Trinajstić information content (AvgIpc) is 3.65.